The van der Waals surface area contributed by atoms with Crippen molar-refractivity contribution in [1.29, 1.82) is 0 Å². The van der Waals surface area contributed by atoms with E-state index in [0.717, 1.165) is 22.9 Å². The molecule has 6 atom stereocenters. The minimum absolute atomic E-state index is 0.289. The van der Waals surface area contributed by atoms with Gasteiger partial charge in [0, 0.05) is 28.3 Å². The van der Waals surface area contributed by atoms with E-state index < -0.39 is 16.1 Å². The third kappa shape index (κ3) is 4.32. The Bertz CT molecular complexity index is 632. The molecular formula is C22H38N2O2Si2. The van der Waals surface area contributed by atoms with Gasteiger partial charge in [0.1, 0.15) is 12.2 Å². The number of hydrogen-bond acceptors (Lipinski definition) is 4. The lowest BCUT2D eigenvalue weighted by Gasteiger charge is -2.36. The average Bonchev–Trinajstić information content (AvgIpc) is 3.19. The lowest BCUT2D eigenvalue weighted by atomic mass is 9.93. The Hall–Kier alpha value is -0.886. The van der Waals surface area contributed by atoms with E-state index in [9.17, 15) is 0 Å². The Morgan fingerprint density at radius 1 is 0.679 bits per heavy atom. The molecule has 4 nitrogen and oxygen atoms in total. The molecule has 4 rings (SSSR count). The van der Waals surface area contributed by atoms with Crippen molar-refractivity contribution in [3.8, 4) is 0 Å². The van der Waals surface area contributed by atoms with Gasteiger partial charge in [-0.25, -0.2) is 9.98 Å². The van der Waals surface area contributed by atoms with Crippen LogP contribution in [-0.4, -0.2) is 52.2 Å². The zero-order chi connectivity index (χ0) is 20.1. The molecule has 4 aliphatic rings. The molecule has 2 fully saturated rings. The number of rotatable bonds is 4. The van der Waals surface area contributed by atoms with Gasteiger partial charge in [-0.05, 0) is 36.8 Å². The van der Waals surface area contributed by atoms with Crippen molar-refractivity contribution in [2.75, 3.05) is 0 Å². The second kappa shape index (κ2) is 7.42. The Balaban J connectivity index is 1.33. The van der Waals surface area contributed by atoms with E-state index in [1.165, 1.54) is 38.5 Å². The summed E-state index contributed by atoms with van der Waals surface area (Å²) in [6, 6.07) is 0.720. The van der Waals surface area contributed by atoms with Crippen LogP contribution in [0.4, 0.5) is 0 Å². The number of nitrogens with zero attached hydrogens (tertiary/aromatic N) is 2. The van der Waals surface area contributed by atoms with Gasteiger partial charge in [0.15, 0.2) is 0 Å². The van der Waals surface area contributed by atoms with E-state index in [4.69, 9.17) is 19.5 Å². The van der Waals surface area contributed by atoms with Crippen molar-refractivity contribution in [2.45, 2.75) is 113 Å². The van der Waals surface area contributed by atoms with Gasteiger partial charge in [-0.3, -0.25) is 0 Å². The van der Waals surface area contributed by atoms with Crippen molar-refractivity contribution in [3.05, 3.63) is 12.2 Å². The lowest BCUT2D eigenvalue weighted by molar-refractivity contribution is 0.151. The minimum Gasteiger partial charge on any atom is -0.472 e. The van der Waals surface area contributed by atoms with Crippen LogP contribution in [0, 0.1) is 0 Å². The summed E-state index contributed by atoms with van der Waals surface area (Å²) < 4.78 is 12.4. The third-order valence-corrected chi connectivity index (χ3v) is 13.4. The van der Waals surface area contributed by atoms with Crippen LogP contribution >= 0.6 is 0 Å². The molecule has 0 aromatic carbocycles. The van der Waals surface area contributed by atoms with E-state index in [2.05, 4.69) is 39.3 Å². The second-order valence-corrected chi connectivity index (χ2v) is 22.6. The highest BCUT2D eigenvalue weighted by Gasteiger charge is 2.42. The van der Waals surface area contributed by atoms with Gasteiger partial charge in [-0.15, -0.1) is 0 Å². The second-order valence-electron chi connectivity index (χ2n) is 11.5. The van der Waals surface area contributed by atoms with Gasteiger partial charge >= 0.3 is 0 Å². The zero-order valence-electron chi connectivity index (χ0n) is 18.6. The molecular weight excluding hydrogens is 380 g/mol. The summed E-state index contributed by atoms with van der Waals surface area (Å²) in [5.74, 6) is 1.57. The van der Waals surface area contributed by atoms with Gasteiger partial charge in [0.25, 0.3) is 0 Å². The van der Waals surface area contributed by atoms with Crippen LogP contribution in [0.3, 0.4) is 0 Å². The number of ether oxygens (including phenoxy) is 2. The van der Waals surface area contributed by atoms with E-state index in [-0.39, 0.29) is 12.2 Å². The smallest absolute Gasteiger partial charge is 0.209 e. The summed E-state index contributed by atoms with van der Waals surface area (Å²) in [5.41, 5.74) is 1.72. The largest absolute Gasteiger partial charge is 0.472 e. The van der Waals surface area contributed by atoms with Crippen molar-refractivity contribution >= 4 is 27.9 Å². The number of aliphatic imine (C=N–C) groups is 2. The van der Waals surface area contributed by atoms with Gasteiger partial charge in [0.2, 0.25) is 11.8 Å². The monoisotopic (exact) mass is 418 g/mol. The summed E-state index contributed by atoms with van der Waals surface area (Å²) in [4.78, 5) is 9.68. The predicted molar refractivity (Wildman–Crippen MR) is 123 cm³/mol. The van der Waals surface area contributed by atoms with E-state index >= 15 is 0 Å². The van der Waals surface area contributed by atoms with Crippen LogP contribution in [0.5, 0.6) is 0 Å². The van der Waals surface area contributed by atoms with Crippen LogP contribution in [0.15, 0.2) is 22.1 Å². The standard InChI is InChI=1S/C22H38N2O2Si2/c1-27(2,3)15-7-9-17-19(13-15)25-21(23-17)11-12-22-24-18-10-8-16(28(4,5)6)14-20(18)26-22/h11-12,15-20H,7-10,13-14H2,1-6H3. The van der Waals surface area contributed by atoms with Crippen molar-refractivity contribution in [2.24, 2.45) is 9.98 Å². The zero-order valence-corrected chi connectivity index (χ0v) is 20.6. The van der Waals surface area contributed by atoms with E-state index in [1.807, 2.05) is 12.2 Å². The van der Waals surface area contributed by atoms with E-state index in [0.29, 0.717) is 12.1 Å². The molecule has 6 heteroatoms. The van der Waals surface area contributed by atoms with Crippen LogP contribution in [0.25, 0.3) is 0 Å². The molecule has 156 valence electrons. The van der Waals surface area contributed by atoms with Crippen molar-refractivity contribution < 1.29 is 9.47 Å². The first-order valence-corrected chi connectivity index (χ1v) is 18.4. The Kier molecular flexibility index (Phi) is 5.40. The summed E-state index contributed by atoms with van der Waals surface area (Å²) >= 11 is 0. The first-order valence-electron chi connectivity index (χ1n) is 11.3. The van der Waals surface area contributed by atoms with Crippen LogP contribution in [0.1, 0.15) is 38.5 Å². The highest BCUT2D eigenvalue weighted by atomic mass is 28.3. The molecule has 0 radical (unpaired) electrons. The minimum atomic E-state index is -1.10. The van der Waals surface area contributed by atoms with Crippen LogP contribution in [-0.2, 0) is 9.47 Å². The topological polar surface area (TPSA) is 43.2 Å². The molecule has 2 aliphatic heterocycles. The Morgan fingerprint density at radius 2 is 1.07 bits per heavy atom. The molecule has 0 spiro atoms. The first-order chi connectivity index (χ1) is 13.1. The highest BCUT2D eigenvalue weighted by Crippen LogP contribution is 2.42. The number of fused-ring (bicyclic) bond motifs is 2. The molecule has 2 aliphatic carbocycles. The van der Waals surface area contributed by atoms with Crippen LogP contribution in [0.2, 0.25) is 50.4 Å². The highest BCUT2D eigenvalue weighted by molar-refractivity contribution is 6.77. The predicted octanol–water partition coefficient (Wildman–Crippen LogP) is 5.66. The quantitative estimate of drug-likeness (QED) is 0.553. The number of hydrogen-bond donors (Lipinski definition) is 0. The maximum absolute atomic E-state index is 6.21. The van der Waals surface area contributed by atoms with E-state index in [1.54, 1.807) is 0 Å². The average molecular weight is 419 g/mol. The fourth-order valence-corrected chi connectivity index (χ4v) is 9.30. The molecule has 2 heterocycles. The molecule has 0 aromatic rings. The maximum Gasteiger partial charge on any atom is 0.209 e. The maximum atomic E-state index is 6.21. The van der Waals surface area contributed by atoms with Gasteiger partial charge < -0.3 is 9.47 Å². The van der Waals surface area contributed by atoms with Gasteiger partial charge in [-0.1, -0.05) is 52.1 Å². The fourth-order valence-electron chi connectivity index (χ4n) is 5.35. The van der Waals surface area contributed by atoms with Gasteiger partial charge in [-0.2, -0.15) is 0 Å². The summed E-state index contributed by atoms with van der Waals surface area (Å²) in [7, 11) is -2.20. The summed E-state index contributed by atoms with van der Waals surface area (Å²) in [5, 5.41) is 0. The molecule has 2 saturated carbocycles. The third-order valence-electron chi connectivity index (χ3n) is 7.46. The van der Waals surface area contributed by atoms with Crippen molar-refractivity contribution in [3.63, 3.8) is 0 Å². The van der Waals surface area contributed by atoms with Crippen molar-refractivity contribution in [1.82, 2.24) is 0 Å². The lowest BCUT2D eigenvalue weighted by Crippen LogP contribution is -2.38. The molecule has 0 aromatic heterocycles. The Labute approximate surface area is 172 Å². The van der Waals surface area contributed by atoms with Crippen LogP contribution < -0.4 is 0 Å². The molecule has 28 heavy (non-hydrogen) atoms. The molecule has 0 saturated heterocycles. The van der Waals surface area contributed by atoms with Gasteiger partial charge in [0.05, 0.1) is 12.1 Å². The Morgan fingerprint density at radius 3 is 1.43 bits per heavy atom. The molecule has 0 N–H and O–H groups in total. The fraction of sp³-hybridized carbons (Fsp3) is 0.818. The summed E-state index contributed by atoms with van der Waals surface area (Å²) in [6.07, 6.45) is 11.9. The molecule has 0 amide bonds. The SMILES string of the molecule is C[Si](C)(C)C1CCC2N=C(C=CC3=NC4CCC([Si](C)(C)C)CC4O3)OC2C1. The molecule has 0 bridgehead atoms. The molecule has 6 unspecified atom stereocenters. The summed E-state index contributed by atoms with van der Waals surface area (Å²) in [6.45, 7) is 14.9. The first kappa shape index (κ1) is 20.4. The normalized spacial score (nSPS) is 38.4.